The fourth-order valence-corrected chi connectivity index (χ4v) is 1.98. The van der Waals surface area contributed by atoms with Crippen LogP contribution in [0.25, 0.3) is 0 Å². The molecule has 1 unspecified atom stereocenters. The molecule has 0 aliphatic heterocycles. The summed E-state index contributed by atoms with van der Waals surface area (Å²) in [6, 6.07) is 0. The first-order valence-electron chi connectivity index (χ1n) is 5.50. The van der Waals surface area contributed by atoms with E-state index < -0.39 is 5.67 Å². The maximum absolute atomic E-state index is 14.6. The number of halogens is 1. The van der Waals surface area contributed by atoms with Crippen LogP contribution in [-0.2, 0) is 12.2 Å². The first-order valence-corrected chi connectivity index (χ1v) is 5.50. The van der Waals surface area contributed by atoms with Crippen molar-refractivity contribution in [3.63, 3.8) is 0 Å². The van der Waals surface area contributed by atoms with Gasteiger partial charge in [0.15, 0.2) is 5.67 Å². The van der Waals surface area contributed by atoms with Gasteiger partial charge in [-0.05, 0) is 19.3 Å². The minimum absolute atomic E-state index is 0.0226. The van der Waals surface area contributed by atoms with Gasteiger partial charge in [-0.25, -0.2) is 9.07 Å². The Balaban J connectivity index is 2.28. The molecule has 1 fully saturated rings. The molecule has 0 spiro atoms. The largest absolute Gasteiger partial charge is 0.327 e. The van der Waals surface area contributed by atoms with E-state index in [0.29, 0.717) is 12.2 Å². The zero-order valence-electron chi connectivity index (χ0n) is 8.99. The number of nitrogens with zero attached hydrogens (tertiary/aromatic N) is 3. The molecule has 1 atom stereocenters. The van der Waals surface area contributed by atoms with Gasteiger partial charge in [0.2, 0.25) is 0 Å². The van der Waals surface area contributed by atoms with Crippen LogP contribution in [0.1, 0.15) is 31.9 Å². The molecule has 1 aromatic heterocycles. The lowest BCUT2D eigenvalue weighted by Gasteiger charge is -2.23. The molecule has 84 valence electrons. The molecular formula is C10H17FN4. The van der Waals surface area contributed by atoms with Gasteiger partial charge >= 0.3 is 0 Å². The van der Waals surface area contributed by atoms with Gasteiger partial charge in [0.05, 0.1) is 11.9 Å². The maximum Gasteiger partial charge on any atom is 0.168 e. The van der Waals surface area contributed by atoms with Gasteiger partial charge in [-0.2, -0.15) is 0 Å². The molecule has 1 heterocycles. The maximum atomic E-state index is 14.6. The standard InChI is InChI=1S/C10H17FN4/c1-2-5-15-9(6-13-14-15)10(11,7-12)8-3-4-8/h6,8H,2-5,7,12H2,1H3. The SMILES string of the molecule is CCCn1nncc1C(F)(CN)C1CC1. The highest BCUT2D eigenvalue weighted by atomic mass is 19.1. The second kappa shape index (κ2) is 3.89. The predicted octanol–water partition coefficient (Wildman–Crippen LogP) is 1.22. The lowest BCUT2D eigenvalue weighted by Crippen LogP contribution is -2.35. The summed E-state index contributed by atoms with van der Waals surface area (Å²) < 4.78 is 16.3. The third-order valence-corrected chi connectivity index (χ3v) is 3.00. The molecule has 1 saturated carbocycles. The summed E-state index contributed by atoms with van der Waals surface area (Å²) in [6.07, 6.45) is 4.28. The van der Waals surface area contributed by atoms with Crippen LogP contribution in [0.2, 0.25) is 0 Å². The smallest absolute Gasteiger partial charge is 0.168 e. The number of alkyl halides is 1. The van der Waals surface area contributed by atoms with E-state index in [0.717, 1.165) is 19.3 Å². The molecular weight excluding hydrogens is 195 g/mol. The summed E-state index contributed by atoms with van der Waals surface area (Å²) >= 11 is 0. The van der Waals surface area contributed by atoms with Crippen LogP contribution in [0.4, 0.5) is 4.39 Å². The molecule has 0 radical (unpaired) electrons. The lowest BCUT2D eigenvalue weighted by molar-refractivity contribution is 0.129. The average Bonchev–Trinajstić information content (AvgIpc) is 3.00. The van der Waals surface area contributed by atoms with Crippen molar-refractivity contribution in [2.75, 3.05) is 6.54 Å². The molecule has 1 aliphatic carbocycles. The summed E-state index contributed by atoms with van der Waals surface area (Å²) in [5.41, 5.74) is 4.69. The van der Waals surface area contributed by atoms with Crippen molar-refractivity contribution in [1.29, 1.82) is 0 Å². The molecule has 1 aromatic rings. The topological polar surface area (TPSA) is 56.7 Å². The quantitative estimate of drug-likeness (QED) is 0.798. The van der Waals surface area contributed by atoms with Gasteiger partial charge in [-0.15, -0.1) is 5.10 Å². The summed E-state index contributed by atoms with van der Waals surface area (Å²) in [4.78, 5) is 0. The second-order valence-electron chi connectivity index (χ2n) is 4.18. The van der Waals surface area contributed by atoms with Crippen molar-refractivity contribution in [3.05, 3.63) is 11.9 Å². The lowest BCUT2D eigenvalue weighted by atomic mass is 9.96. The Labute approximate surface area is 88.6 Å². The third-order valence-electron chi connectivity index (χ3n) is 3.00. The van der Waals surface area contributed by atoms with Gasteiger partial charge < -0.3 is 5.73 Å². The summed E-state index contributed by atoms with van der Waals surface area (Å²) in [5, 5.41) is 7.68. The van der Waals surface area contributed by atoms with Gasteiger partial charge in [-0.3, -0.25) is 0 Å². The molecule has 4 nitrogen and oxygen atoms in total. The van der Waals surface area contributed by atoms with Crippen molar-refractivity contribution in [3.8, 4) is 0 Å². The minimum Gasteiger partial charge on any atom is -0.327 e. The van der Waals surface area contributed by atoms with Crippen molar-refractivity contribution in [2.45, 2.75) is 38.4 Å². The van der Waals surface area contributed by atoms with Crippen LogP contribution in [-0.4, -0.2) is 21.5 Å². The summed E-state index contributed by atoms with van der Waals surface area (Å²) in [6.45, 7) is 2.76. The monoisotopic (exact) mass is 212 g/mol. The molecule has 2 rings (SSSR count). The van der Waals surface area contributed by atoms with Crippen molar-refractivity contribution >= 4 is 0 Å². The number of aromatic nitrogens is 3. The zero-order chi connectivity index (χ0) is 10.9. The molecule has 1 aliphatic rings. The van der Waals surface area contributed by atoms with E-state index in [4.69, 9.17) is 5.73 Å². The molecule has 0 bridgehead atoms. The van der Waals surface area contributed by atoms with E-state index in [-0.39, 0.29) is 12.5 Å². The van der Waals surface area contributed by atoms with Crippen LogP contribution in [0.3, 0.4) is 0 Å². The van der Waals surface area contributed by atoms with Gasteiger partial charge in [0.25, 0.3) is 0 Å². The minimum atomic E-state index is -1.42. The summed E-state index contributed by atoms with van der Waals surface area (Å²) in [7, 11) is 0. The number of aryl methyl sites for hydroxylation is 1. The van der Waals surface area contributed by atoms with Crippen LogP contribution >= 0.6 is 0 Å². The van der Waals surface area contributed by atoms with Crippen LogP contribution < -0.4 is 5.73 Å². The molecule has 15 heavy (non-hydrogen) atoms. The molecule has 0 saturated heterocycles. The Morgan fingerprint density at radius 1 is 1.67 bits per heavy atom. The Morgan fingerprint density at radius 2 is 2.40 bits per heavy atom. The third kappa shape index (κ3) is 1.76. The van der Waals surface area contributed by atoms with Crippen LogP contribution in [0.5, 0.6) is 0 Å². The van der Waals surface area contributed by atoms with E-state index in [1.54, 1.807) is 4.68 Å². The number of hydrogen-bond acceptors (Lipinski definition) is 3. The van der Waals surface area contributed by atoms with Gasteiger partial charge in [-0.1, -0.05) is 12.1 Å². The van der Waals surface area contributed by atoms with Crippen LogP contribution in [0, 0.1) is 5.92 Å². The number of rotatable bonds is 5. The highest BCUT2D eigenvalue weighted by Gasteiger charge is 2.48. The zero-order valence-corrected chi connectivity index (χ0v) is 8.99. The Kier molecular flexibility index (Phi) is 2.73. The highest BCUT2D eigenvalue weighted by molar-refractivity contribution is 5.14. The van der Waals surface area contributed by atoms with Crippen molar-refractivity contribution in [2.24, 2.45) is 11.7 Å². The number of hydrogen-bond donors (Lipinski definition) is 1. The Morgan fingerprint density at radius 3 is 2.93 bits per heavy atom. The molecule has 2 N–H and O–H groups in total. The first kappa shape index (κ1) is 10.5. The summed E-state index contributed by atoms with van der Waals surface area (Å²) in [5.74, 6) is 0.0663. The second-order valence-corrected chi connectivity index (χ2v) is 4.18. The van der Waals surface area contributed by atoms with E-state index in [1.807, 2.05) is 6.92 Å². The van der Waals surface area contributed by atoms with Crippen molar-refractivity contribution < 1.29 is 4.39 Å². The Bertz CT molecular complexity index is 334. The van der Waals surface area contributed by atoms with E-state index in [1.165, 1.54) is 6.20 Å². The molecule has 0 aromatic carbocycles. The van der Waals surface area contributed by atoms with Crippen LogP contribution in [0.15, 0.2) is 6.20 Å². The Hall–Kier alpha value is -0.970. The highest BCUT2D eigenvalue weighted by Crippen LogP contribution is 2.47. The fraction of sp³-hybridized carbons (Fsp3) is 0.800. The van der Waals surface area contributed by atoms with E-state index in [2.05, 4.69) is 10.3 Å². The predicted molar refractivity (Wildman–Crippen MR) is 54.9 cm³/mol. The molecule has 0 amide bonds. The van der Waals surface area contributed by atoms with E-state index in [9.17, 15) is 4.39 Å². The normalized spacial score (nSPS) is 20.2. The van der Waals surface area contributed by atoms with Gasteiger partial charge in [0.1, 0.15) is 0 Å². The van der Waals surface area contributed by atoms with E-state index >= 15 is 0 Å². The average molecular weight is 212 g/mol. The van der Waals surface area contributed by atoms with Gasteiger partial charge in [0, 0.05) is 19.0 Å². The molecule has 5 heteroatoms. The number of nitrogens with two attached hydrogens (primary N) is 1. The first-order chi connectivity index (χ1) is 7.22. The fourth-order valence-electron chi connectivity index (χ4n) is 1.98. The van der Waals surface area contributed by atoms with Crippen molar-refractivity contribution in [1.82, 2.24) is 15.0 Å².